The molecule has 2 aromatic rings. The highest BCUT2D eigenvalue weighted by Crippen LogP contribution is 2.35. The zero-order valence-electron chi connectivity index (χ0n) is 13.2. The van der Waals surface area contributed by atoms with Crippen molar-refractivity contribution in [2.24, 2.45) is 0 Å². The first-order chi connectivity index (χ1) is 10.1. The van der Waals surface area contributed by atoms with E-state index in [-0.39, 0.29) is 0 Å². The molecule has 5 heteroatoms. The summed E-state index contributed by atoms with van der Waals surface area (Å²) in [6.45, 7) is 4.26. The Hall–Kier alpha value is -1.20. The molecule has 21 heavy (non-hydrogen) atoms. The molecule has 1 aliphatic carbocycles. The summed E-state index contributed by atoms with van der Waals surface area (Å²) in [5, 5.41) is 1.11. The third-order valence-electron chi connectivity index (χ3n) is 4.58. The van der Waals surface area contributed by atoms with Crippen molar-refractivity contribution < 1.29 is 4.74 Å². The van der Waals surface area contributed by atoms with Gasteiger partial charge in [-0.3, -0.25) is 0 Å². The van der Waals surface area contributed by atoms with Gasteiger partial charge in [-0.2, -0.15) is 0 Å². The van der Waals surface area contributed by atoms with Gasteiger partial charge in [0.1, 0.15) is 17.3 Å². The number of aryl methyl sites for hydroxylation is 2. The molecular formula is C16H23N3OS. The maximum Gasteiger partial charge on any atom is 0.225 e. The van der Waals surface area contributed by atoms with Crippen molar-refractivity contribution in [1.29, 1.82) is 0 Å². The number of thiophene rings is 1. The van der Waals surface area contributed by atoms with Crippen molar-refractivity contribution in [1.82, 2.24) is 14.9 Å². The molecule has 0 N–H and O–H groups in total. The van der Waals surface area contributed by atoms with Gasteiger partial charge in [0.2, 0.25) is 5.88 Å². The Balaban J connectivity index is 1.77. The molecule has 1 fully saturated rings. The van der Waals surface area contributed by atoms with Crippen molar-refractivity contribution in [3.8, 4) is 5.88 Å². The first-order valence-electron chi connectivity index (χ1n) is 7.60. The molecule has 4 nitrogen and oxygen atoms in total. The summed E-state index contributed by atoms with van der Waals surface area (Å²) in [5.41, 5.74) is 1.26. The molecule has 2 heterocycles. The van der Waals surface area contributed by atoms with E-state index < -0.39 is 0 Å². The second-order valence-corrected chi connectivity index (χ2v) is 7.36. The molecule has 0 bridgehead atoms. The Morgan fingerprint density at radius 1 is 1.14 bits per heavy atom. The lowest BCUT2D eigenvalue weighted by atomic mass is 9.92. The Morgan fingerprint density at radius 3 is 2.52 bits per heavy atom. The average Bonchev–Trinajstić information content (AvgIpc) is 2.76. The van der Waals surface area contributed by atoms with E-state index in [9.17, 15) is 0 Å². The molecule has 1 saturated carbocycles. The summed E-state index contributed by atoms with van der Waals surface area (Å²) in [4.78, 5) is 13.4. The van der Waals surface area contributed by atoms with Gasteiger partial charge in [0.05, 0.1) is 5.39 Å². The third-order valence-corrected chi connectivity index (χ3v) is 5.70. The molecule has 0 saturated heterocycles. The molecule has 1 aliphatic rings. The minimum Gasteiger partial charge on any atom is -0.474 e. The summed E-state index contributed by atoms with van der Waals surface area (Å²) in [7, 11) is 4.33. The van der Waals surface area contributed by atoms with Gasteiger partial charge in [0, 0.05) is 10.9 Å². The highest BCUT2D eigenvalue weighted by molar-refractivity contribution is 7.18. The number of aromatic nitrogens is 2. The van der Waals surface area contributed by atoms with Crippen LogP contribution in [-0.2, 0) is 0 Å². The molecule has 0 amide bonds. The van der Waals surface area contributed by atoms with Crippen LogP contribution in [0.15, 0.2) is 6.33 Å². The van der Waals surface area contributed by atoms with Crippen LogP contribution >= 0.6 is 11.3 Å². The van der Waals surface area contributed by atoms with Gasteiger partial charge in [-0.15, -0.1) is 11.3 Å². The maximum absolute atomic E-state index is 6.23. The molecule has 0 atom stereocenters. The van der Waals surface area contributed by atoms with Crippen LogP contribution < -0.4 is 4.74 Å². The van der Waals surface area contributed by atoms with Gasteiger partial charge in [-0.05, 0) is 59.2 Å². The fraction of sp³-hybridized carbons (Fsp3) is 0.625. The molecule has 0 aliphatic heterocycles. The van der Waals surface area contributed by atoms with Crippen LogP contribution in [0.3, 0.4) is 0 Å². The van der Waals surface area contributed by atoms with Gasteiger partial charge in [0.25, 0.3) is 0 Å². The van der Waals surface area contributed by atoms with E-state index in [4.69, 9.17) is 4.74 Å². The average molecular weight is 305 g/mol. The van der Waals surface area contributed by atoms with E-state index >= 15 is 0 Å². The lowest BCUT2D eigenvalue weighted by Gasteiger charge is -2.32. The van der Waals surface area contributed by atoms with Gasteiger partial charge >= 0.3 is 0 Å². The lowest BCUT2D eigenvalue weighted by Crippen LogP contribution is -2.35. The Morgan fingerprint density at radius 2 is 1.86 bits per heavy atom. The minimum atomic E-state index is 0.291. The Labute approximate surface area is 130 Å². The zero-order chi connectivity index (χ0) is 15.0. The zero-order valence-corrected chi connectivity index (χ0v) is 14.0. The number of ether oxygens (including phenoxy) is 1. The normalized spacial score (nSPS) is 22.9. The van der Waals surface area contributed by atoms with Crippen molar-refractivity contribution >= 4 is 21.6 Å². The van der Waals surface area contributed by atoms with Gasteiger partial charge < -0.3 is 9.64 Å². The van der Waals surface area contributed by atoms with Crippen LogP contribution in [0, 0.1) is 13.8 Å². The number of hydrogen-bond acceptors (Lipinski definition) is 5. The van der Waals surface area contributed by atoms with Crippen LogP contribution in [0.25, 0.3) is 10.2 Å². The molecule has 2 aromatic heterocycles. The van der Waals surface area contributed by atoms with Gasteiger partial charge in [-0.1, -0.05) is 0 Å². The Kier molecular flexibility index (Phi) is 4.13. The molecule has 0 unspecified atom stereocenters. The second-order valence-electron chi connectivity index (χ2n) is 6.15. The number of rotatable bonds is 3. The van der Waals surface area contributed by atoms with E-state index in [1.165, 1.54) is 23.3 Å². The first kappa shape index (κ1) is 14.7. The van der Waals surface area contributed by atoms with Crippen LogP contribution in [0.5, 0.6) is 5.88 Å². The quantitative estimate of drug-likeness (QED) is 0.869. The van der Waals surface area contributed by atoms with Crippen LogP contribution in [0.2, 0.25) is 0 Å². The van der Waals surface area contributed by atoms with Crippen LogP contribution in [0.1, 0.15) is 36.1 Å². The minimum absolute atomic E-state index is 0.291. The summed E-state index contributed by atoms with van der Waals surface area (Å²) >= 11 is 1.72. The van der Waals surface area contributed by atoms with Gasteiger partial charge in [0.15, 0.2) is 0 Å². The van der Waals surface area contributed by atoms with E-state index in [1.807, 2.05) is 0 Å². The fourth-order valence-electron chi connectivity index (χ4n) is 3.08. The van der Waals surface area contributed by atoms with Crippen LogP contribution in [0.4, 0.5) is 0 Å². The summed E-state index contributed by atoms with van der Waals surface area (Å²) in [5.74, 6) is 0.773. The summed E-state index contributed by atoms with van der Waals surface area (Å²) in [6, 6.07) is 0.695. The van der Waals surface area contributed by atoms with Crippen molar-refractivity contribution in [3.05, 3.63) is 16.8 Å². The summed E-state index contributed by atoms with van der Waals surface area (Å²) < 4.78 is 6.23. The van der Waals surface area contributed by atoms with E-state index in [0.717, 1.165) is 28.9 Å². The molecule has 3 rings (SSSR count). The predicted octanol–water partition coefficient (Wildman–Crippen LogP) is 3.56. The number of fused-ring (bicyclic) bond motifs is 1. The molecular weight excluding hydrogens is 282 g/mol. The standard InChI is InChI=1S/C16H23N3OS/c1-10-11(2)21-16-14(10)15(17-9-18-16)20-13-7-5-12(6-8-13)19(3)4/h9,12-13H,5-8H2,1-4H3. The first-order valence-corrected chi connectivity index (χ1v) is 8.41. The number of nitrogens with zero attached hydrogens (tertiary/aromatic N) is 3. The molecule has 0 radical (unpaired) electrons. The van der Waals surface area contributed by atoms with Gasteiger partial charge in [-0.25, -0.2) is 9.97 Å². The highest BCUT2D eigenvalue weighted by Gasteiger charge is 2.25. The highest BCUT2D eigenvalue weighted by atomic mass is 32.1. The van der Waals surface area contributed by atoms with Crippen molar-refractivity contribution in [2.45, 2.75) is 51.7 Å². The SMILES string of the molecule is Cc1sc2ncnc(OC3CCC(N(C)C)CC3)c2c1C. The number of hydrogen-bond donors (Lipinski definition) is 0. The lowest BCUT2D eigenvalue weighted by molar-refractivity contribution is 0.108. The second kappa shape index (κ2) is 5.89. The van der Waals surface area contributed by atoms with Crippen molar-refractivity contribution in [3.63, 3.8) is 0 Å². The largest absolute Gasteiger partial charge is 0.474 e. The van der Waals surface area contributed by atoms with E-state index in [0.29, 0.717) is 12.1 Å². The van der Waals surface area contributed by atoms with E-state index in [2.05, 4.69) is 42.8 Å². The van der Waals surface area contributed by atoms with E-state index in [1.54, 1.807) is 17.7 Å². The van der Waals surface area contributed by atoms with Crippen LogP contribution in [-0.4, -0.2) is 41.1 Å². The predicted molar refractivity (Wildman–Crippen MR) is 87.2 cm³/mol. The topological polar surface area (TPSA) is 38.3 Å². The Bertz CT molecular complexity index is 630. The third kappa shape index (κ3) is 2.90. The smallest absolute Gasteiger partial charge is 0.225 e. The maximum atomic E-state index is 6.23. The van der Waals surface area contributed by atoms with Crippen molar-refractivity contribution in [2.75, 3.05) is 14.1 Å². The molecule has 0 aromatic carbocycles. The molecule has 0 spiro atoms. The molecule has 114 valence electrons. The monoisotopic (exact) mass is 305 g/mol. The summed E-state index contributed by atoms with van der Waals surface area (Å²) in [6.07, 6.45) is 6.53. The fourth-order valence-corrected chi connectivity index (χ4v) is 4.06.